The molecule has 0 radical (unpaired) electrons. The van der Waals surface area contributed by atoms with Crippen molar-refractivity contribution in [2.45, 2.75) is 38.0 Å². The molecule has 0 aliphatic carbocycles. The van der Waals surface area contributed by atoms with Crippen molar-refractivity contribution >= 4 is 11.9 Å². The van der Waals surface area contributed by atoms with E-state index in [2.05, 4.69) is 0 Å². The van der Waals surface area contributed by atoms with E-state index in [-0.39, 0.29) is 19.8 Å². The summed E-state index contributed by atoms with van der Waals surface area (Å²) in [5.41, 5.74) is 2.09. The number of carbonyl (C=O) groups is 2. The molecule has 0 bridgehead atoms. The second-order valence-electron chi connectivity index (χ2n) is 5.25. The minimum atomic E-state index is -4.92. The van der Waals surface area contributed by atoms with Crippen LogP contribution in [0.25, 0.3) is 0 Å². The monoisotopic (exact) mass is 312 g/mol. The van der Waals surface area contributed by atoms with Gasteiger partial charge >= 0.3 is 12.1 Å². The number of ether oxygens (including phenoxy) is 1. The number of hydrogen-bond acceptors (Lipinski definition) is 4. The maximum absolute atomic E-state index is 12.9. The Morgan fingerprint density at radius 3 is 2.38 bits per heavy atom. The van der Waals surface area contributed by atoms with E-state index in [9.17, 15) is 22.8 Å². The van der Waals surface area contributed by atoms with Crippen molar-refractivity contribution in [2.24, 2.45) is 11.7 Å². The quantitative estimate of drug-likeness (QED) is 0.775. The van der Waals surface area contributed by atoms with E-state index in [0.717, 1.165) is 4.90 Å². The molecule has 0 aromatic heterocycles. The highest BCUT2D eigenvalue weighted by molar-refractivity contribution is 5.87. The van der Waals surface area contributed by atoms with Gasteiger partial charge in [0.25, 0.3) is 5.91 Å². The smallest absolute Gasteiger partial charge is 0.415 e. The van der Waals surface area contributed by atoms with Crippen LogP contribution >= 0.6 is 0 Å². The van der Waals surface area contributed by atoms with E-state index >= 15 is 0 Å². The second kappa shape index (κ2) is 6.18. The summed E-state index contributed by atoms with van der Waals surface area (Å²) in [6.45, 7) is 1.99. The Labute approximate surface area is 120 Å². The lowest BCUT2D eigenvalue weighted by Gasteiger charge is -2.37. The van der Waals surface area contributed by atoms with E-state index in [4.69, 9.17) is 15.6 Å². The van der Waals surface area contributed by atoms with Gasteiger partial charge in [0.1, 0.15) is 5.92 Å². The van der Waals surface area contributed by atoms with E-state index in [1.54, 1.807) is 6.92 Å². The summed E-state index contributed by atoms with van der Waals surface area (Å²) in [7, 11) is 0. The lowest BCUT2D eigenvalue weighted by Crippen LogP contribution is -2.64. The molecular formula is C12H19F3N2O4. The van der Waals surface area contributed by atoms with Gasteiger partial charge in [-0.15, -0.1) is 0 Å². The summed E-state index contributed by atoms with van der Waals surface area (Å²) in [4.78, 5) is 24.2. The van der Waals surface area contributed by atoms with E-state index < -0.39 is 35.6 Å². The van der Waals surface area contributed by atoms with Crippen LogP contribution in [0.15, 0.2) is 0 Å². The predicted octanol–water partition coefficient (Wildman–Crippen LogP) is 0.604. The summed E-state index contributed by atoms with van der Waals surface area (Å²) in [6.07, 6.45) is -4.54. The van der Waals surface area contributed by atoms with Gasteiger partial charge in [-0.3, -0.25) is 9.59 Å². The van der Waals surface area contributed by atoms with Crippen LogP contribution < -0.4 is 5.73 Å². The SMILES string of the molecule is CCCN(C(=O)C(C)(N)C(F)(F)F)C1COCC1C(=O)O. The van der Waals surface area contributed by atoms with Crippen LogP contribution in [0.5, 0.6) is 0 Å². The first kappa shape index (κ1) is 17.7. The van der Waals surface area contributed by atoms with Crippen molar-refractivity contribution in [2.75, 3.05) is 19.8 Å². The molecule has 3 unspecified atom stereocenters. The number of carboxylic acids is 1. The summed E-state index contributed by atoms with van der Waals surface area (Å²) in [6, 6.07) is -0.944. The Morgan fingerprint density at radius 1 is 1.38 bits per heavy atom. The molecule has 9 heteroatoms. The molecule has 1 fully saturated rings. The summed E-state index contributed by atoms with van der Waals surface area (Å²) in [5.74, 6) is -3.60. The molecule has 3 N–H and O–H groups in total. The first-order valence-corrected chi connectivity index (χ1v) is 6.51. The lowest BCUT2D eigenvalue weighted by molar-refractivity contribution is -0.195. The second-order valence-corrected chi connectivity index (χ2v) is 5.25. The van der Waals surface area contributed by atoms with Gasteiger partial charge in [0.2, 0.25) is 0 Å². The Kier molecular flexibility index (Phi) is 5.21. The number of rotatable bonds is 5. The van der Waals surface area contributed by atoms with Crippen molar-refractivity contribution in [3.05, 3.63) is 0 Å². The Hall–Kier alpha value is -1.35. The van der Waals surface area contributed by atoms with Crippen LogP contribution in [0.4, 0.5) is 13.2 Å². The van der Waals surface area contributed by atoms with E-state index in [1.807, 2.05) is 0 Å². The molecule has 0 aromatic rings. The van der Waals surface area contributed by atoms with Gasteiger partial charge in [0.05, 0.1) is 19.3 Å². The van der Waals surface area contributed by atoms with Crippen molar-refractivity contribution in [1.29, 1.82) is 0 Å². The molecule has 6 nitrogen and oxygen atoms in total. The third kappa shape index (κ3) is 3.46. The summed E-state index contributed by atoms with van der Waals surface area (Å²) >= 11 is 0. The van der Waals surface area contributed by atoms with Crippen LogP contribution in [0.1, 0.15) is 20.3 Å². The summed E-state index contributed by atoms with van der Waals surface area (Å²) < 4.78 is 43.7. The fourth-order valence-corrected chi connectivity index (χ4v) is 2.16. The van der Waals surface area contributed by atoms with Gasteiger partial charge in [0.15, 0.2) is 5.54 Å². The average molecular weight is 312 g/mol. The molecule has 0 aromatic carbocycles. The number of carboxylic acid groups (broad SMARTS) is 1. The molecule has 1 rings (SSSR count). The molecule has 3 atom stereocenters. The Morgan fingerprint density at radius 2 is 1.95 bits per heavy atom. The fraction of sp³-hybridized carbons (Fsp3) is 0.833. The molecule has 0 saturated carbocycles. The van der Waals surface area contributed by atoms with Crippen molar-refractivity contribution in [3.63, 3.8) is 0 Å². The minimum Gasteiger partial charge on any atom is -0.481 e. The number of carbonyl (C=O) groups excluding carboxylic acids is 1. The van der Waals surface area contributed by atoms with Crippen LogP contribution in [0, 0.1) is 5.92 Å². The first-order valence-electron chi connectivity index (χ1n) is 6.51. The number of aliphatic carboxylic acids is 1. The molecule has 1 saturated heterocycles. The van der Waals surface area contributed by atoms with Gasteiger partial charge in [-0.05, 0) is 13.3 Å². The predicted molar refractivity (Wildman–Crippen MR) is 66.4 cm³/mol. The number of hydrogen-bond donors (Lipinski definition) is 2. The normalized spacial score (nSPS) is 25.4. The zero-order chi connectivity index (χ0) is 16.4. The van der Waals surface area contributed by atoms with Crippen LogP contribution in [-0.4, -0.2) is 59.4 Å². The topological polar surface area (TPSA) is 92.9 Å². The van der Waals surface area contributed by atoms with Crippen LogP contribution in [0.2, 0.25) is 0 Å². The zero-order valence-corrected chi connectivity index (χ0v) is 11.8. The zero-order valence-electron chi connectivity index (χ0n) is 11.8. The number of amides is 1. The van der Waals surface area contributed by atoms with Gasteiger partial charge < -0.3 is 20.5 Å². The van der Waals surface area contributed by atoms with Crippen molar-refractivity contribution in [3.8, 4) is 0 Å². The Balaban J connectivity index is 3.07. The molecular weight excluding hydrogens is 293 g/mol. The number of nitrogens with two attached hydrogens (primary N) is 1. The first-order chi connectivity index (χ1) is 9.54. The number of alkyl halides is 3. The minimum absolute atomic E-state index is 0.0144. The van der Waals surface area contributed by atoms with Gasteiger partial charge in [0, 0.05) is 6.54 Å². The van der Waals surface area contributed by atoms with E-state index in [0.29, 0.717) is 13.3 Å². The molecule has 21 heavy (non-hydrogen) atoms. The van der Waals surface area contributed by atoms with Gasteiger partial charge in [-0.1, -0.05) is 6.92 Å². The third-order valence-electron chi connectivity index (χ3n) is 3.53. The highest BCUT2D eigenvalue weighted by Gasteiger charge is 2.57. The number of halogens is 3. The van der Waals surface area contributed by atoms with E-state index in [1.165, 1.54) is 0 Å². The van der Waals surface area contributed by atoms with Crippen LogP contribution in [-0.2, 0) is 14.3 Å². The van der Waals surface area contributed by atoms with Gasteiger partial charge in [-0.25, -0.2) is 0 Å². The highest BCUT2D eigenvalue weighted by atomic mass is 19.4. The molecule has 1 aliphatic rings. The molecule has 1 heterocycles. The standard InChI is InChI=1S/C12H19F3N2O4/c1-3-4-17(8-6-21-5-7(8)9(18)19)10(20)11(2,16)12(13,14)15/h7-8H,3-6,16H2,1-2H3,(H,18,19). The number of nitrogens with zero attached hydrogens (tertiary/aromatic N) is 1. The fourth-order valence-electron chi connectivity index (χ4n) is 2.16. The average Bonchev–Trinajstić information content (AvgIpc) is 2.82. The van der Waals surface area contributed by atoms with Crippen LogP contribution in [0.3, 0.4) is 0 Å². The molecule has 122 valence electrons. The molecule has 1 aliphatic heterocycles. The molecule has 1 amide bonds. The van der Waals surface area contributed by atoms with Crippen molar-refractivity contribution in [1.82, 2.24) is 4.90 Å². The van der Waals surface area contributed by atoms with Gasteiger partial charge in [-0.2, -0.15) is 13.2 Å². The highest BCUT2D eigenvalue weighted by Crippen LogP contribution is 2.32. The Bertz CT molecular complexity index is 412. The van der Waals surface area contributed by atoms with Crippen molar-refractivity contribution < 1.29 is 32.6 Å². The largest absolute Gasteiger partial charge is 0.481 e. The summed E-state index contributed by atoms with van der Waals surface area (Å²) in [5, 5.41) is 9.07. The third-order valence-corrected chi connectivity index (χ3v) is 3.53. The maximum Gasteiger partial charge on any atom is 0.415 e. The lowest BCUT2D eigenvalue weighted by atomic mass is 9.96. The maximum atomic E-state index is 12.9. The molecule has 0 spiro atoms.